The normalized spacial score (nSPS) is 18.2. The number of aliphatic hydroxyl groups excluding tert-OH is 1. The number of ether oxygens (including phenoxy) is 2. The summed E-state index contributed by atoms with van der Waals surface area (Å²) in [6.45, 7) is 1.20. The molecule has 0 bridgehead atoms. The van der Waals surface area contributed by atoms with Crippen LogP contribution in [0.4, 0.5) is 17.6 Å². The number of pyridine rings is 2. The van der Waals surface area contributed by atoms with Gasteiger partial charge in [-0.1, -0.05) is 6.07 Å². The Labute approximate surface area is 201 Å². The van der Waals surface area contributed by atoms with Gasteiger partial charge in [-0.25, -0.2) is 4.39 Å². The summed E-state index contributed by atoms with van der Waals surface area (Å²) < 4.78 is 63.8. The van der Waals surface area contributed by atoms with Crippen LogP contribution in [-0.4, -0.2) is 39.6 Å². The molecule has 0 radical (unpaired) electrons. The van der Waals surface area contributed by atoms with Crippen LogP contribution in [-0.2, 0) is 12.0 Å². The SMILES string of the molecule is C[C@@H](O)Cn1c([C@@]2(c3ccc(OC(F)(F)F)c(F)c3)CCOc3cccnc32)c(C(N)=O)ccc1=O. The van der Waals surface area contributed by atoms with E-state index in [0.29, 0.717) is 0 Å². The first-order valence-corrected chi connectivity index (χ1v) is 10.8. The van der Waals surface area contributed by atoms with Crippen LogP contribution in [0.1, 0.15) is 40.7 Å². The van der Waals surface area contributed by atoms with E-state index in [4.69, 9.17) is 10.5 Å². The highest BCUT2D eigenvalue weighted by molar-refractivity contribution is 5.94. The van der Waals surface area contributed by atoms with Gasteiger partial charge in [0.1, 0.15) is 5.75 Å². The second kappa shape index (κ2) is 9.26. The first kappa shape index (κ1) is 25.2. The van der Waals surface area contributed by atoms with Gasteiger partial charge in [-0.05, 0) is 42.8 Å². The van der Waals surface area contributed by atoms with Crippen molar-refractivity contribution in [2.24, 2.45) is 5.73 Å². The fourth-order valence-corrected chi connectivity index (χ4v) is 4.57. The number of hydrogen-bond donors (Lipinski definition) is 2. The predicted molar refractivity (Wildman–Crippen MR) is 118 cm³/mol. The minimum atomic E-state index is -5.12. The number of aliphatic hydroxyl groups is 1. The Hall–Kier alpha value is -3.93. The third-order valence-electron chi connectivity index (χ3n) is 5.86. The molecule has 1 amide bonds. The number of hydrogen-bond acceptors (Lipinski definition) is 6. The number of fused-ring (bicyclic) bond motifs is 1. The van der Waals surface area contributed by atoms with E-state index < -0.39 is 40.9 Å². The van der Waals surface area contributed by atoms with Gasteiger partial charge in [0.2, 0.25) is 0 Å². The molecule has 190 valence electrons. The molecular weight excluding hydrogens is 486 g/mol. The van der Waals surface area contributed by atoms with E-state index in [0.717, 1.165) is 22.8 Å². The second-order valence-corrected chi connectivity index (χ2v) is 8.30. The van der Waals surface area contributed by atoms with Crippen molar-refractivity contribution < 1.29 is 36.9 Å². The molecule has 36 heavy (non-hydrogen) atoms. The number of rotatable bonds is 6. The number of carbonyl (C=O) groups excluding carboxylic acids is 1. The maximum absolute atomic E-state index is 15.0. The van der Waals surface area contributed by atoms with Crippen molar-refractivity contribution >= 4 is 5.91 Å². The molecule has 0 unspecified atom stereocenters. The van der Waals surface area contributed by atoms with E-state index in [1.54, 1.807) is 12.1 Å². The molecule has 1 aromatic carbocycles. The lowest BCUT2D eigenvalue weighted by molar-refractivity contribution is -0.275. The summed E-state index contributed by atoms with van der Waals surface area (Å²) in [6, 6.07) is 8.33. The molecule has 3 heterocycles. The van der Waals surface area contributed by atoms with Crippen LogP contribution < -0.4 is 20.8 Å². The van der Waals surface area contributed by atoms with Gasteiger partial charge in [0.05, 0.1) is 41.6 Å². The van der Waals surface area contributed by atoms with Gasteiger partial charge in [-0.15, -0.1) is 13.2 Å². The van der Waals surface area contributed by atoms with E-state index in [2.05, 4.69) is 9.72 Å². The van der Waals surface area contributed by atoms with Gasteiger partial charge in [-0.3, -0.25) is 14.6 Å². The van der Waals surface area contributed by atoms with E-state index in [-0.39, 0.29) is 47.8 Å². The minimum Gasteiger partial charge on any atom is -0.492 e. The fourth-order valence-electron chi connectivity index (χ4n) is 4.57. The summed E-state index contributed by atoms with van der Waals surface area (Å²) in [5, 5.41) is 10.1. The number of amides is 1. The van der Waals surface area contributed by atoms with E-state index >= 15 is 0 Å². The number of carbonyl (C=O) groups is 1. The number of aromatic nitrogens is 2. The maximum atomic E-state index is 15.0. The maximum Gasteiger partial charge on any atom is 0.573 e. The Morgan fingerprint density at radius 1 is 1.31 bits per heavy atom. The molecule has 0 saturated carbocycles. The van der Waals surface area contributed by atoms with Gasteiger partial charge in [0.15, 0.2) is 11.6 Å². The molecule has 1 aliphatic heterocycles. The highest BCUT2D eigenvalue weighted by Gasteiger charge is 2.47. The highest BCUT2D eigenvalue weighted by Crippen LogP contribution is 2.48. The second-order valence-electron chi connectivity index (χ2n) is 8.30. The lowest BCUT2D eigenvalue weighted by Crippen LogP contribution is -2.44. The number of halogens is 4. The molecule has 3 aromatic rings. The first-order valence-electron chi connectivity index (χ1n) is 10.8. The Morgan fingerprint density at radius 2 is 2.06 bits per heavy atom. The van der Waals surface area contributed by atoms with Gasteiger partial charge >= 0.3 is 6.36 Å². The van der Waals surface area contributed by atoms with Gasteiger partial charge in [0, 0.05) is 18.7 Å². The summed E-state index contributed by atoms with van der Waals surface area (Å²) in [5.41, 5.74) is 3.68. The van der Waals surface area contributed by atoms with Gasteiger partial charge in [0.25, 0.3) is 11.5 Å². The van der Waals surface area contributed by atoms with E-state index in [9.17, 15) is 32.3 Å². The van der Waals surface area contributed by atoms with Crippen LogP contribution in [0.25, 0.3) is 0 Å². The van der Waals surface area contributed by atoms with Crippen LogP contribution in [0.15, 0.2) is 53.5 Å². The summed E-state index contributed by atoms with van der Waals surface area (Å²) in [6.07, 6.45) is -4.73. The van der Waals surface area contributed by atoms with Crippen molar-refractivity contribution in [3.63, 3.8) is 0 Å². The van der Waals surface area contributed by atoms with Crippen molar-refractivity contribution in [1.82, 2.24) is 9.55 Å². The summed E-state index contributed by atoms with van der Waals surface area (Å²) in [5.74, 6) is -3.03. The average Bonchev–Trinajstić information content (AvgIpc) is 2.80. The van der Waals surface area contributed by atoms with Gasteiger partial charge < -0.3 is 24.9 Å². The van der Waals surface area contributed by atoms with Crippen LogP contribution >= 0.6 is 0 Å². The predicted octanol–water partition coefficient (Wildman–Crippen LogP) is 2.88. The zero-order valence-electron chi connectivity index (χ0n) is 18.9. The quantitative estimate of drug-likeness (QED) is 0.496. The molecule has 0 fully saturated rings. The van der Waals surface area contributed by atoms with Gasteiger partial charge in [-0.2, -0.15) is 0 Å². The number of nitrogens with zero attached hydrogens (tertiary/aromatic N) is 2. The lowest BCUT2D eigenvalue weighted by atomic mass is 9.69. The number of nitrogens with two attached hydrogens (primary N) is 1. The Bertz CT molecular complexity index is 1370. The van der Waals surface area contributed by atoms with Crippen LogP contribution in [0.3, 0.4) is 0 Å². The van der Waals surface area contributed by atoms with Crippen LogP contribution in [0.5, 0.6) is 11.5 Å². The smallest absolute Gasteiger partial charge is 0.492 e. The molecule has 0 spiro atoms. The van der Waals surface area contributed by atoms with E-state index in [1.807, 2.05) is 0 Å². The molecule has 4 rings (SSSR count). The van der Waals surface area contributed by atoms with Crippen molar-refractivity contribution in [2.45, 2.75) is 37.8 Å². The largest absolute Gasteiger partial charge is 0.573 e. The molecule has 8 nitrogen and oxygen atoms in total. The monoisotopic (exact) mass is 507 g/mol. The number of benzene rings is 1. The molecular formula is C24H21F4N3O5. The standard InChI is InChI=1S/C24H21F4N3O5/c1-13(32)12-31-19(33)7-5-15(22(29)34)21(31)23(8-10-35-18-3-2-9-30-20(18)23)14-4-6-17(16(25)11-14)36-24(26,27)28/h2-7,9,11,13,32H,8,10,12H2,1H3,(H2,29,34)/t13-,23-/m1/s1. The third-order valence-corrected chi connectivity index (χ3v) is 5.86. The Morgan fingerprint density at radius 3 is 2.69 bits per heavy atom. The van der Waals surface area contributed by atoms with Crippen molar-refractivity contribution in [3.8, 4) is 11.5 Å². The molecule has 12 heteroatoms. The van der Waals surface area contributed by atoms with E-state index in [1.165, 1.54) is 25.3 Å². The van der Waals surface area contributed by atoms with Crippen molar-refractivity contribution in [2.75, 3.05) is 6.61 Å². The van der Waals surface area contributed by atoms with Crippen LogP contribution in [0.2, 0.25) is 0 Å². The fraction of sp³-hybridized carbons (Fsp3) is 0.292. The van der Waals surface area contributed by atoms with Crippen LogP contribution in [0, 0.1) is 5.82 Å². The molecule has 2 aromatic heterocycles. The number of primary amides is 1. The zero-order valence-corrected chi connectivity index (χ0v) is 18.9. The molecule has 2 atom stereocenters. The number of alkyl halides is 3. The molecule has 3 N–H and O–H groups in total. The minimum absolute atomic E-state index is 0.00976. The molecule has 1 aliphatic rings. The Balaban J connectivity index is 2.11. The Kier molecular flexibility index (Phi) is 6.48. The first-order chi connectivity index (χ1) is 16.9. The molecule has 0 saturated heterocycles. The summed E-state index contributed by atoms with van der Waals surface area (Å²) in [7, 11) is 0. The topological polar surface area (TPSA) is 117 Å². The summed E-state index contributed by atoms with van der Waals surface area (Å²) >= 11 is 0. The molecule has 0 aliphatic carbocycles. The lowest BCUT2D eigenvalue weighted by Gasteiger charge is -2.41. The van der Waals surface area contributed by atoms with Crippen molar-refractivity contribution in [1.29, 1.82) is 0 Å². The van der Waals surface area contributed by atoms with Crippen molar-refractivity contribution in [3.05, 3.63) is 87.3 Å². The summed E-state index contributed by atoms with van der Waals surface area (Å²) in [4.78, 5) is 29.9. The zero-order chi connectivity index (χ0) is 26.3. The highest BCUT2D eigenvalue weighted by atomic mass is 19.4. The third kappa shape index (κ3) is 4.51. The average molecular weight is 507 g/mol.